The molecule has 2 aromatic carbocycles. The number of phenolic OH excluding ortho intramolecular Hbond substituents is 1. The van der Waals surface area contributed by atoms with Crippen LogP contribution in [0.3, 0.4) is 0 Å². The van der Waals surface area contributed by atoms with Crippen LogP contribution in [0.5, 0.6) is 5.75 Å². The average Bonchev–Trinajstić information content (AvgIpc) is 2.61. The summed E-state index contributed by atoms with van der Waals surface area (Å²) < 4.78 is 0. The molecule has 21 heavy (non-hydrogen) atoms. The van der Waals surface area contributed by atoms with Gasteiger partial charge in [0.25, 0.3) is 0 Å². The van der Waals surface area contributed by atoms with Crippen LogP contribution in [0.4, 0.5) is 0 Å². The summed E-state index contributed by atoms with van der Waals surface area (Å²) in [5, 5.41) is 10.4. The van der Waals surface area contributed by atoms with E-state index in [1.807, 2.05) is 18.2 Å². The number of fused-ring (bicyclic) bond motifs is 1. The summed E-state index contributed by atoms with van der Waals surface area (Å²) in [4.78, 5) is 2.34. The molecule has 0 saturated heterocycles. The maximum atomic E-state index is 9.95. The normalized spacial score (nSPS) is 18.5. The predicted molar refractivity (Wildman–Crippen MR) is 89.3 cm³/mol. The maximum Gasteiger partial charge on any atom is 0.134 e. The zero-order valence-corrected chi connectivity index (χ0v) is 12.3. The van der Waals surface area contributed by atoms with Crippen molar-refractivity contribution in [1.29, 1.82) is 0 Å². The van der Waals surface area contributed by atoms with Gasteiger partial charge in [-0.3, -0.25) is 0 Å². The number of hydrogen-bond donors (Lipinski definition) is 1. The minimum atomic E-state index is 0. The van der Waals surface area contributed by atoms with E-state index in [9.17, 15) is 5.11 Å². The topological polar surface area (TPSA) is 23.5 Å². The van der Waals surface area contributed by atoms with Gasteiger partial charge in [0.2, 0.25) is 0 Å². The number of likely N-dealkylation sites (N-methyl/N-ethyl adjacent to an activating group) is 1. The van der Waals surface area contributed by atoms with Crippen LogP contribution >= 0.6 is 11.6 Å². The van der Waals surface area contributed by atoms with E-state index in [0.717, 1.165) is 19.5 Å². The van der Waals surface area contributed by atoms with E-state index in [0.29, 0.717) is 5.02 Å². The van der Waals surface area contributed by atoms with Gasteiger partial charge in [-0.1, -0.05) is 49.4 Å². The molecule has 2 nitrogen and oxygen atoms in total. The zero-order valence-electron chi connectivity index (χ0n) is 11.5. The van der Waals surface area contributed by atoms with Crippen LogP contribution in [0.2, 0.25) is 5.02 Å². The maximum absolute atomic E-state index is 9.95. The lowest BCUT2D eigenvalue weighted by Crippen LogP contribution is -2.24. The second-order valence-corrected chi connectivity index (χ2v) is 5.89. The van der Waals surface area contributed by atoms with Gasteiger partial charge in [0, 0.05) is 19.0 Å². The molecule has 0 radical (unpaired) electrons. The lowest BCUT2D eigenvalue weighted by Gasteiger charge is -2.22. The second-order valence-electron chi connectivity index (χ2n) is 5.48. The Bertz CT molecular complexity index is 612. The van der Waals surface area contributed by atoms with Gasteiger partial charge >= 0.3 is 0 Å². The monoisotopic (exact) mass is 303 g/mol. The van der Waals surface area contributed by atoms with Crippen LogP contribution in [-0.4, -0.2) is 30.1 Å². The van der Waals surface area contributed by atoms with E-state index in [4.69, 9.17) is 11.6 Å². The standard InChI is InChI=1S/C17H18ClNO.CH4/c1-19-8-7-13-9-16(18)17(20)10-14(13)15(11-19)12-5-3-2-4-6-12;/h2-6,9-10,15,20H,7-8,11H2,1H3;1H4/t15-;/m1./s1. The molecule has 1 atom stereocenters. The van der Waals surface area contributed by atoms with Gasteiger partial charge in [-0.15, -0.1) is 0 Å². The Morgan fingerprint density at radius 2 is 1.90 bits per heavy atom. The van der Waals surface area contributed by atoms with Gasteiger partial charge in [0.05, 0.1) is 5.02 Å². The Hall–Kier alpha value is -1.51. The lowest BCUT2D eigenvalue weighted by atomic mass is 9.88. The van der Waals surface area contributed by atoms with Crippen molar-refractivity contribution in [3.63, 3.8) is 0 Å². The zero-order chi connectivity index (χ0) is 14.1. The molecule has 0 aliphatic carbocycles. The summed E-state index contributed by atoms with van der Waals surface area (Å²) in [6.07, 6.45) is 0.967. The van der Waals surface area contributed by atoms with Crippen LogP contribution in [-0.2, 0) is 6.42 Å². The first-order valence-corrected chi connectivity index (χ1v) is 7.27. The first-order chi connectivity index (χ1) is 9.65. The van der Waals surface area contributed by atoms with Crippen molar-refractivity contribution in [1.82, 2.24) is 4.90 Å². The fourth-order valence-corrected chi connectivity index (χ4v) is 3.13. The molecule has 3 heteroatoms. The molecule has 0 fully saturated rings. The highest BCUT2D eigenvalue weighted by Crippen LogP contribution is 2.36. The molecule has 0 saturated carbocycles. The van der Waals surface area contributed by atoms with E-state index < -0.39 is 0 Å². The molecule has 0 aromatic heterocycles. The fourth-order valence-electron chi connectivity index (χ4n) is 2.94. The SMILES string of the molecule is C.CN1CCc2cc(Cl)c(O)cc2[C@@H](c2ccccc2)C1. The summed E-state index contributed by atoms with van der Waals surface area (Å²) >= 11 is 6.07. The summed E-state index contributed by atoms with van der Waals surface area (Å²) in [6, 6.07) is 14.2. The van der Waals surface area contributed by atoms with E-state index in [-0.39, 0.29) is 19.1 Å². The third kappa shape index (κ3) is 3.22. The summed E-state index contributed by atoms with van der Waals surface area (Å²) in [5.74, 6) is 0.456. The number of hydrogen-bond acceptors (Lipinski definition) is 2. The highest BCUT2D eigenvalue weighted by molar-refractivity contribution is 6.32. The Kier molecular flexibility index (Phi) is 4.92. The van der Waals surface area contributed by atoms with Crippen molar-refractivity contribution in [2.24, 2.45) is 0 Å². The molecule has 0 spiro atoms. The third-order valence-electron chi connectivity index (χ3n) is 4.04. The summed E-state index contributed by atoms with van der Waals surface area (Å²) in [5.41, 5.74) is 3.72. The Balaban J connectivity index is 0.00000161. The second kappa shape index (κ2) is 6.50. The quantitative estimate of drug-likeness (QED) is 0.849. The Morgan fingerprint density at radius 3 is 2.62 bits per heavy atom. The van der Waals surface area contributed by atoms with Crippen molar-refractivity contribution in [3.05, 3.63) is 64.2 Å². The molecule has 0 amide bonds. The molecule has 0 unspecified atom stereocenters. The van der Waals surface area contributed by atoms with Gasteiger partial charge in [-0.05, 0) is 42.3 Å². The van der Waals surface area contributed by atoms with Crippen LogP contribution in [0, 0.1) is 0 Å². The highest BCUT2D eigenvalue weighted by Gasteiger charge is 2.24. The Morgan fingerprint density at radius 1 is 1.19 bits per heavy atom. The fraction of sp³-hybridized carbons (Fsp3) is 0.333. The average molecular weight is 304 g/mol. The molecule has 3 rings (SSSR count). The number of rotatable bonds is 1. The number of benzene rings is 2. The third-order valence-corrected chi connectivity index (χ3v) is 4.35. The minimum Gasteiger partial charge on any atom is -0.506 e. The first-order valence-electron chi connectivity index (χ1n) is 6.90. The van der Waals surface area contributed by atoms with Gasteiger partial charge in [-0.2, -0.15) is 0 Å². The van der Waals surface area contributed by atoms with Crippen LogP contribution < -0.4 is 0 Å². The van der Waals surface area contributed by atoms with Crippen molar-refractivity contribution in [2.45, 2.75) is 19.8 Å². The Labute approximate surface area is 132 Å². The van der Waals surface area contributed by atoms with Crippen molar-refractivity contribution in [3.8, 4) is 5.75 Å². The molecule has 1 heterocycles. The summed E-state index contributed by atoms with van der Waals surface area (Å²) in [6.45, 7) is 1.97. The lowest BCUT2D eigenvalue weighted by molar-refractivity contribution is 0.338. The molecule has 0 bridgehead atoms. The minimum absolute atomic E-state index is 0. The number of halogens is 1. The molecule has 1 N–H and O–H groups in total. The van der Waals surface area contributed by atoms with Crippen LogP contribution in [0.25, 0.3) is 0 Å². The smallest absolute Gasteiger partial charge is 0.134 e. The van der Waals surface area contributed by atoms with E-state index in [1.165, 1.54) is 16.7 Å². The van der Waals surface area contributed by atoms with Gasteiger partial charge in [0.15, 0.2) is 0 Å². The van der Waals surface area contributed by atoms with Gasteiger partial charge in [0.1, 0.15) is 5.75 Å². The molecular weight excluding hydrogens is 282 g/mol. The largest absolute Gasteiger partial charge is 0.506 e. The molecular formula is C18H22ClNO. The van der Waals surface area contributed by atoms with Crippen molar-refractivity contribution < 1.29 is 5.11 Å². The number of phenols is 1. The number of nitrogens with zero attached hydrogens (tertiary/aromatic N) is 1. The van der Waals surface area contributed by atoms with E-state index >= 15 is 0 Å². The highest BCUT2D eigenvalue weighted by atomic mass is 35.5. The molecule has 112 valence electrons. The molecule has 1 aliphatic heterocycles. The van der Waals surface area contributed by atoms with E-state index in [2.05, 4.69) is 36.2 Å². The summed E-state index contributed by atoms with van der Waals surface area (Å²) in [7, 11) is 2.14. The van der Waals surface area contributed by atoms with Crippen molar-refractivity contribution in [2.75, 3.05) is 20.1 Å². The first kappa shape index (κ1) is 15.9. The van der Waals surface area contributed by atoms with Crippen molar-refractivity contribution >= 4 is 11.6 Å². The molecule has 1 aliphatic rings. The molecule has 2 aromatic rings. The van der Waals surface area contributed by atoms with E-state index in [1.54, 1.807) is 0 Å². The predicted octanol–water partition coefficient (Wildman–Crippen LogP) is 4.30. The van der Waals surface area contributed by atoms with Gasteiger partial charge in [-0.25, -0.2) is 0 Å². The van der Waals surface area contributed by atoms with Crippen LogP contribution in [0.1, 0.15) is 30.0 Å². The van der Waals surface area contributed by atoms with Gasteiger partial charge < -0.3 is 10.0 Å². The van der Waals surface area contributed by atoms with Crippen LogP contribution in [0.15, 0.2) is 42.5 Å². The number of aromatic hydroxyl groups is 1.